The lowest BCUT2D eigenvalue weighted by molar-refractivity contribution is 0.671. The highest BCUT2D eigenvalue weighted by Crippen LogP contribution is 2.30. The topological polar surface area (TPSA) is 29.3 Å². The maximum atomic E-state index is 5.85. The summed E-state index contributed by atoms with van der Waals surface area (Å²) in [5.41, 5.74) is 8.04. The number of nitrogens with two attached hydrogens (primary N) is 1. The Bertz CT molecular complexity index is 640. The number of thioether (sulfide) groups is 1. The molecule has 0 saturated heterocycles. The van der Waals surface area contributed by atoms with E-state index in [1.165, 1.54) is 23.2 Å². The van der Waals surface area contributed by atoms with Crippen molar-refractivity contribution >= 4 is 45.4 Å². The first-order valence-corrected chi connectivity index (χ1v) is 8.89. The van der Waals surface area contributed by atoms with E-state index in [4.69, 9.17) is 18.0 Å². The number of hydrogen-bond donors (Lipinski definition) is 1. The number of nitrogens with zero attached hydrogens (tertiary/aromatic N) is 1. The second-order valence-corrected chi connectivity index (χ2v) is 6.71. The summed E-state index contributed by atoms with van der Waals surface area (Å²) in [6, 6.07) is 13.0. The summed E-state index contributed by atoms with van der Waals surface area (Å²) in [6.45, 7) is 2.27. The Morgan fingerprint density at radius 1 is 1.24 bits per heavy atom. The first-order valence-electron chi connectivity index (χ1n) is 7.09. The molecule has 0 spiro atoms. The highest BCUT2D eigenvalue weighted by molar-refractivity contribution is 7.98. The van der Waals surface area contributed by atoms with E-state index in [1.807, 2.05) is 23.9 Å². The zero-order valence-corrected chi connectivity index (χ0v) is 14.4. The van der Waals surface area contributed by atoms with Crippen molar-refractivity contribution in [1.29, 1.82) is 0 Å². The standard InChI is InChI=1S/C17H22N2S2/c1-12(10-11-21-3)19(2)16-9-8-15(17(18)20)13-6-4-5-7-14(13)16/h4-9,12H,10-11H2,1-3H3,(H2,18,20). The van der Waals surface area contributed by atoms with Gasteiger partial charge in [0.1, 0.15) is 4.99 Å². The molecule has 4 heteroatoms. The molecule has 2 N–H and O–H groups in total. The second kappa shape index (κ2) is 7.14. The van der Waals surface area contributed by atoms with Crippen molar-refractivity contribution in [3.63, 3.8) is 0 Å². The fourth-order valence-corrected chi connectivity index (χ4v) is 3.28. The van der Waals surface area contributed by atoms with Gasteiger partial charge in [0.05, 0.1) is 0 Å². The minimum Gasteiger partial charge on any atom is -0.389 e. The molecule has 2 aromatic carbocycles. The predicted molar refractivity (Wildman–Crippen MR) is 101 cm³/mol. The number of benzene rings is 2. The highest BCUT2D eigenvalue weighted by atomic mass is 32.2. The maximum Gasteiger partial charge on any atom is 0.104 e. The van der Waals surface area contributed by atoms with E-state index in [2.05, 4.69) is 49.4 Å². The first kappa shape index (κ1) is 16.1. The third-order valence-electron chi connectivity index (χ3n) is 3.95. The Hall–Kier alpha value is -1.26. The summed E-state index contributed by atoms with van der Waals surface area (Å²) in [5.74, 6) is 1.18. The van der Waals surface area contributed by atoms with Crippen molar-refractivity contribution in [3.05, 3.63) is 42.0 Å². The van der Waals surface area contributed by atoms with Gasteiger partial charge in [0, 0.05) is 29.7 Å². The summed E-state index contributed by atoms with van der Waals surface area (Å²) in [6.07, 6.45) is 3.32. The molecule has 0 saturated carbocycles. The van der Waals surface area contributed by atoms with Crippen molar-refractivity contribution < 1.29 is 0 Å². The van der Waals surface area contributed by atoms with E-state index in [9.17, 15) is 0 Å². The Kier molecular flexibility index (Phi) is 5.48. The molecule has 0 radical (unpaired) electrons. The van der Waals surface area contributed by atoms with Gasteiger partial charge in [0.25, 0.3) is 0 Å². The fraction of sp³-hybridized carbons (Fsp3) is 0.353. The third kappa shape index (κ3) is 3.50. The molecule has 0 aliphatic rings. The first-order chi connectivity index (χ1) is 10.1. The van der Waals surface area contributed by atoms with Gasteiger partial charge in [0.2, 0.25) is 0 Å². The van der Waals surface area contributed by atoms with Crippen molar-refractivity contribution in [1.82, 2.24) is 0 Å². The van der Waals surface area contributed by atoms with E-state index >= 15 is 0 Å². The van der Waals surface area contributed by atoms with Crippen LogP contribution >= 0.6 is 24.0 Å². The lowest BCUT2D eigenvalue weighted by Gasteiger charge is -2.28. The van der Waals surface area contributed by atoms with Crippen LogP contribution in [0.4, 0.5) is 5.69 Å². The van der Waals surface area contributed by atoms with Crippen LogP contribution in [0.15, 0.2) is 36.4 Å². The Morgan fingerprint density at radius 2 is 1.90 bits per heavy atom. The van der Waals surface area contributed by atoms with Crippen LogP contribution in [0.3, 0.4) is 0 Å². The Morgan fingerprint density at radius 3 is 2.52 bits per heavy atom. The van der Waals surface area contributed by atoms with Crippen molar-refractivity contribution in [2.45, 2.75) is 19.4 Å². The zero-order valence-electron chi connectivity index (χ0n) is 12.8. The van der Waals surface area contributed by atoms with Gasteiger partial charge in [0.15, 0.2) is 0 Å². The summed E-state index contributed by atoms with van der Waals surface area (Å²) >= 11 is 7.06. The largest absolute Gasteiger partial charge is 0.389 e. The SMILES string of the molecule is CSCCC(C)N(C)c1ccc(C(N)=S)c2ccccc12. The van der Waals surface area contributed by atoms with Gasteiger partial charge < -0.3 is 10.6 Å². The third-order valence-corrected chi connectivity index (χ3v) is 4.81. The molecule has 0 heterocycles. The number of hydrogen-bond acceptors (Lipinski definition) is 3. The number of thiocarbonyl (C=S) groups is 1. The van der Waals surface area contributed by atoms with Crippen LogP contribution in [0.5, 0.6) is 0 Å². The minimum atomic E-state index is 0.454. The Balaban J connectivity index is 2.46. The molecule has 0 aliphatic carbocycles. The second-order valence-electron chi connectivity index (χ2n) is 5.28. The molecule has 0 fully saturated rings. The summed E-state index contributed by atoms with van der Waals surface area (Å²) in [7, 11) is 2.16. The number of rotatable bonds is 6. The predicted octanol–water partition coefficient (Wildman–Crippen LogP) is 4.05. The molecule has 112 valence electrons. The molecule has 1 unspecified atom stereocenters. The van der Waals surface area contributed by atoms with Crippen LogP contribution in [0, 0.1) is 0 Å². The van der Waals surface area contributed by atoms with Gasteiger partial charge in [-0.1, -0.05) is 36.5 Å². The van der Waals surface area contributed by atoms with Crippen LogP contribution in [0.2, 0.25) is 0 Å². The van der Waals surface area contributed by atoms with Crippen LogP contribution in [0.1, 0.15) is 18.9 Å². The van der Waals surface area contributed by atoms with Gasteiger partial charge in [-0.2, -0.15) is 11.8 Å². The molecule has 0 amide bonds. The molecule has 1 atom stereocenters. The van der Waals surface area contributed by atoms with Crippen LogP contribution in [-0.4, -0.2) is 30.1 Å². The molecule has 0 aliphatic heterocycles. The van der Waals surface area contributed by atoms with E-state index in [1.54, 1.807) is 0 Å². The summed E-state index contributed by atoms with van der Waals surface area (Å²) < 4.78 is 0. The fourth-order valence-electron chi connectivity index (χ4n) is 2.53. The number of anilines is 1. The maximum absolute atomic E-state index is 5.85. The molecule has 0 bridgehead atoms. The van der Waals surface area contributed by atoms with Crippen molar-refractivity contribution in [2.24, 2.45) is 5.73 Å². The summed E-state index contributed by atoms with van der Waals surface area (Å²) in [4.78, 5) is 2.80. The normalized spacial score (nSPS) is 12.3. The average molecular weight is 319 g/mol. The van der Waals surface area contributed by atoms with E-state index in [-0.39, 0.29) is 0 Å². The molecule has 2 rings (SSSR count). The lowest BCUT2D eigenvalue weighted by atomic mass is 10.0. The smallest absolute Gasteiger partial charge is 0.104 e. The zero-order chi connectivity index (χ0) is 15.4. The minimum absolute atomic E-state index is 0.454. The van der Waals surface area contributed by atoms with Crippen LogP contribution in [-0.2, 0) is 0 Å². The summed E-state index contributed by atoms with van der Waals surface area (Å²) in [5, 5.41) is 2.34. The monoisotopic (exact) mass is 318 g/mol. The van der Waals surface area contributed by atoms with Gasteiger partial charge in [-0.05, 0) is 42.9 Å². The van der Waals surface area contributed by atoms with Crippen LogP contribution < -0.4 is 10.6 Å². The molecule has 2 nitrogen and oxygen atoms in total. The average Bonchev–Trinajstić information content (AvgIpc) is 2.50. The Labute approximate surface area is 136 Å². The van der Waals surface area contributed by atoms with Gasteiger partial charge in [-0.3, -0.25) is 0 Å². The van der Waals surface area contributed by atoms with Gasteiger partial charge >= 0.3 is 0 Å². The molecular formula is C17H22N2S2. The highest BCUT2D eigenvalue weighted by Gasteiger charge is 2.14. The number of fused-ring (bicyclic) bond motifs is 1. The van der Waals surface area contributed by atoms with E-state index in [0.29, 0.717) is 11.0 Å². The molecular weight excluding hydrogens is 296 g/mol. The molecule has 0 aromatic heterocycles. The molecule has 21 heavy (non-hydrogen) atoms. The van der Waals surface area contributed by atoms with Crippen molar-refractivity contribution in [2.75, 3.05) is 24.0 Å². The lowest BCUT2D eigenvalue weighted by Crippen LogP contribution is -2.29. The quantitative estimate of drug-likeness (QED) is 0.814. The van der Waals surface area contributed by atoms with Gasteiger partial charge in [-0.15, -0.1) is 0 Å². The van der Waals surface area contributed by atoms with E-state index in [0.717, 1.165) is 10.9 Å². The van der Waals surface area contributed by atoms with Crippen molar-refractivity contribution in [3.8, 4) is 0 Å². The molecule has 2 aromatic rings. The van der Waals surface area contributed by atoms with Crippen LogP contribution in [0.25, 0.3) is 10.8 Å². The van der Waals surface area contributed by atoms with E-state index < -0.39 is 0 Å². The van der Waals surface area contributed by atoms with Gasteiger partial charge in [-0.25, -0.2) is 0 Å².